The molecule has 2 rings (SSSR count). The molecule has 3 nitrogen and oxygen atoms in total. The fourth-order valence-electron chi connectivity index (χ4n) is 2.79. The summed E-state index contributed by atoms with van der Waals surface area (Å²) in [6.45, 7) is 6.72. The summed E-state index contributed by atoms with van der Waals surface area (Å²) in [7, 11) is 2.03. The molecule has 0 spiro atoms. The molecule has 1 aliphatic heterocycles. The zero-order chi connectivity index (χ0) is 13.8. The summed E-state index contributed by atoms with van der Waals surface area (Å²) in [6, 6.07) is 8.47. The van der Waals surface area contributed by atoms with Crippen LogP contribution in [0.1, 0.15) is 31.4 Å². The number of amides is 1. The van der Waals surface area contributed by atoms with Crippen molar-refractivity contribution in [3.8, 4) is 0 Å². The molecule has 1 unspecified atom stereocenters. The molecule has 104 valence electrons. The van der Waals surface area contributed by atoms with E-state index in [1.165, 1.54) is 11.1 Å². The van der Waals surface area contributed by atoms with Crippen molar-refractivity contribution < 1.29 is 4.79 Å². The summed E-state index contributed by atoms with van der Waals surface area (Å²) in [6.07, 6.45) is 1.86. The summed E-state index contributed by atoms with van der Waals surface area (Å²) >= 11 is 0. The molecule has 1 aliphatic rings. The van der Waals surface area contributed by atoms with Crippen molar-refractivity contribution in [2.24, 2.45) is 0 Å². The molecule has 0 radical (unpaired) electrons. The van der Waals surface area contributed by atoms with Gasteiger partial charge >= 0.3 is 0 Å². The summed E-state index contributed by atoms with van der Waals surface area (Å²) in [5.74, 6) is 0.279. The van der Waals surface area contributed by atoms with Crippen LogP contribution in [0.4, 0.5) is 0 Å². The Bertz CT molecular complexity index is 444. The number of fused-ring (bicyclic) bond motifs is 1. The lowest BCUT2D eigenvalue weighted by Crippen LogP contribution is -2.48. The third-order valence-electron chi connectivity index (χ3n) is 4.14. The number of hydrogen-bond acceptors (Lipinski definition) is 2. The van der Waals surface area contributed by atoms with Crippen LogP contribution in [-0.2, 0) is 17.8 Å². The topological polar surface area (TPSA) is 23.6 Å². The first-order valence-corrected chi connectivity index (χ1v) is 7.23. The summed E-state index contributed by atoms with van der Waals surface area (Å²) in [5.41, 5.74) is 2.69. The Morgan fingerprint density at radius 3 is 2.63 bits per heavy atom. The molecule has 0 saturated carbocycles. The minimum absolute atomic E-state index is 0.0234. The highest BCUT2D eigenvalue weighted by molar-refractivity contribution is 5.82. The van der Waals surface area contributed by atoms with E-state index in [4.69, 9.17) is 0 Å². The molecule has 0 bridgehead atoms. The molecular formula is C16H24N2O. The molecule has 19 heavy (non-hydrogen) atoms. The van der Waals surface area contributed by atoms with Gasteiger partial charge in [-0.15, -0.1) is 0 Å². The molecule has 0 aromatic heterocycles. The minimum atomic E-state index is 0.0234. The fraction of sp³-hybridized carbons (Fsp3) is 0.562. The molecule has 1 aromatic carbocycles. The van der Waals surface area contributed by atoms with Crippen molar-refractivity contribution in [3.63, 3.8) is 0 Å². The largest absolute Gasteiger partial charge is 0.337 e. The van der Waals surface area contributed by atoms with Crippen LogP contribution in [0.15, 0.2) is 24.3 Å². The zero-order valence-electron chi connectivity index (χ0n) is 12.2. The van der Waals surface area contributed by atoms with Crippen LogP contribution in [0.25, 0.3) is 0 Å². The Balaban J connectivity index is 2.09. The van der Waals surface area contributed by atoms with Crippen molar-refractivity contribution in [1.29, 1.82) is 0 Å². The van der Waals surface area contributed by atoms with E-state index in [0.29, 0.717) is 0 Å². The fourth-order valence-corrected chi connectivity index (χ4v) is 2.79. The molecule has 1 heterocycles. The highest BCUT2D eigenvalue weighted by Gasteiger charge is 2.27. The van der Waals surface area contributed by atoms with Gasteiger partial charge in [0.25, 0.3) is 0 Å². The van der Waals surface area contributed by atoms with Crippen LogP contribution >= 0.6 is 0 Å². The number of rotatable bonds is 4. The van der Waals surface area contributed by atoms with Gasteiger partial charge in [0, 0.05) is 13.1 Å². The molecule has 0 fully saturated rings. The van der Waals surface area contributed by atoms with Crippen LogP contribution in [-0.4, -0.2) is 41.9 Å². The van der Waals surface area contributed by atoms with Gasteiger partial charge in [-0.1, -0.05) is 38.1 Å². The minimum Gasteiger partial charge on any atom is -0.337 e. The Morgan fingerprint density at radius 1 is 1.32 bits per heavy atom. The van der Waals surface area contributed by atoms with Gasteiger partial charge in [0.05, 0.1) is 6.04 Å². The van der Waals surface area contributed by atoms with Gasteiger partial charge in [-0.25, -0.2) is 0 Å². The van der Waals surface area contributed by atoms with E-state index in [-0.39, 0.29) is 11.9 Å². The maximum Gasteiger partial charge on any atom is 0.240 e. The molecular weight excluding hydrogens is 236 g/mol. The number of carbonyl (C=O) groups excluding carboxylic acids is 1. The lowest BCUT2D eigenvalue weighted by molar-refractivity contribution is -0.137. The van der Waals surface area contributed by atoms with Crippen LogP contribution in [0, 0.1) is 0 Å². The second-order valence-corrected chi connectivity index (χ2v) is 5.28. The maximum atomic E-state index is 12.6. The van der Waals surface area contributed by atoms with Crippen LogP contribution in [0.2, 0.25) is 0 Å². The van der Waals surface area contributed by atoms with Crippen LogP contribution in [0.3, 0.4) is 0 Å². The van der Waals surface area contributed by atoms with Gasteiger partial charge in [0.15, 0.2) is 0 Å². The molecule has 1 amide bonds. The van der Waals surface area contributed by atoms with Crippen molar-refractivity contribution in [1.82, 2.24) is 9.80 Å². The van der Waals surface area contributed by atoms with Gasteiger partial charge in [-0.05, 0) is 37.6 Å². The third kappa shape index (κ3) is 2.98. The summed E-state index contributed by atoms with van der Waals surface area (Å²) in [5, 5.41) is 0. The Labute approximate surface area is 116 Å². The quantitative estimate of drug-likeness (QED) is 0.829. The van der Waals surface area contributed by atoms with Gasteiger partial charge in [0.1, 0.15) is 0 Å². The summed E-state index contributed by atoms with van der Waals surface area (Å²) in [4.78, 5) is 16.8. The van der Waals surface area contributed by atoms with Gasteiger partial charge in [-0.2, -0.15) is 0 Å². The van der Waals surface area contributed by atoms with Crippen LogP contribution < -0.4 is 0 Å². The first-order chi connectivity index (χ1) is 9.17. The number of nitrogens with zero attached hydrogens (tertiary/aromatic N) is 2. The number of hydrogen-bond donors (Lipinski definition) is 0. The first kappa shape index (κ1) is 14.1. The van der Waals surface area contributed by atoms with Crippen molar-refractivity contribution in [2.45, 2.75) is 39.3 Å². The Hall–Kier alpha value is -1.35. The van der Waals surface area contributed by atoms with Gasteiger partial charge < -0.3 is 4.90 Å². The standard InChI is InChI=1S/C16H24N2O/c1-4-15(17(3)5-2)16(19)18-11-10-13-8-6-7-9-14(13)12-18/h6-9,15H,4-5,10-12H2,1-3H3. The second kappa shape index (κ2) is 6.20. The van der Waals surface area contributed by atoms with E-state index in [9.17, 15) is 4.79 Å². The SMILES string of the molecule is CCC(C(=O)N1CCc2ccccc2C1)N(C)CC. The number of carbonyl (C=O) groups is 1. The van der Waals surface area contributed by atoms with E-state index in [1.54, 1.807) is 0 Å². The van der Waals surface area contributed by atoms with Crippen molar-refractivity contribution in [2.75, 3.05) is 20.1 Å². The third-order valence-corrected chi connectivity index (χ3v) is 4.14. The zero-order valence-corrected chi connectivity index (χ0v) is 12.2. The van der Waals surface area contributed by atoms with E-state index in [1.807, 2.05) is 11.9 Å². The molecule has 3 heteroatoms. The Kier molecular flexibility index (Phi) is 4.59. The highest BCUT2D eigenvalue weighted by Crippen LogP contribution is 2.20. The molecule has 1 aromatic rings. The van der Waals surface area contributed by atoms with Crippen LogP contribution in [0.5, 0.6) is 0 Å². The van der Waals surface area contributed by atoms with Crippen molar-refractivity contribution >= 4 is 5.91 Å². The predicted octanol–water partition coefficient (Wildman–Crippen LogP) is 2.30. The maximum absolute atomic E-state index is 12.6. The summed E-state index contributed by atoms with van der Waals surface area (Å²) < 4.78 is 0. The van der Waals surface area contributed by atoms with Crippen molar-refractivity contribution in [3.05, 3.63) is 35.4 Å². The van der Waals surface area contributed by atoms with E-state index < -0.39 is 0 Å². The lowest BCUT2D eigenvalue weighted by atomic mass is 9.99. The van der Waals surface area contributed by atoms with Gasteiger partial charge in [-0.3, -0.25) is 9.69 Å². The lowest BCUT2D eigenvalue weighted by Gasteiger charge is -2.34. The molecule has 0 N–H and O–H groups in total. The molecule has 0 aliphatic carbocycles. The highest BCUT2D eigenvalue weighted by atomic mass is 16.2. The van der Waals surface area contributed by atoms with Gasteiger partial charge in [0.2, 0.25) is 5.91 Å². The van der Waals surface area contributed by atoms with E-state index >= 15 is 0 Å². The Morgan fingerprint density at radius 2 is 2.00 bits per heavy atom. The number of likely N-dealkylation sites (N-methyl/N-ethyl adjacent to an activating group) is 1. The molecule has 1 atom stereocenters. The normalized spacial score (nSPS) is 16.3. The second-order valence-electron chi connectivity index (χ2n) is 5.28. The predicted molar refractivity (Wildman–Crippen MR) is 77.9 cm³/mol. The average Bonchev–Trinajstić information content (AvgIpc) is 2.47. The first-order valence-electron chi connectivity index (χ1n) is 7.23. The number of benzene rings is 1. The smallest absolute Gasteiger partial charge is 0.240 e. The van der Waals surface area contributed by atoms with E-state index in [2.05, 4.69) is 43.0 Å². The average molecular weight is 260 g/mol. The monoisotopic (exact) mass is 260 g/mol. The molecule has 0 saturated heterocycles. The van der Waals surface area contributed by atoms with E-state index in [0.717, 1.165) is 32.5 Å².